The van der Waals surface area contributed by atoms with Crippen LogP contribution in [0.1, 0.15) is 35.3 Å². The minimum absolute atomic E-state index is 0.0305. The molecule has 1 aromatic heterocycles. The monoisotopic (exact) mass is 374 g/mol. The third-order valence-corrected chi connectivity index (χ3v) is 4.50. The molecule has 0 radical (unpaired) electrons. The number of rotatable bonds is 7. The Morgan fingerprint density at radius 2 is 1.82 bits per heavy atom. The lowest BCUT2D eigenvalue weighted by atomic mass is 10.1. The minimum atomic E-state index is -0.115. The Bertz CT molecular complexity index is 969. The van der Waals surface area contributed by atoms with Crippen molar-refractivity contribution in [2.75, 3.05) is 12.4 Å². The molecule has 2 aromatic carbocycles. The highest BCUT2D eigenvalue weighted by Crippen LogP contribution is 2.16. The Labute approximate surface area is 164 Å². The average Bonchev–Trinajstić information content (AvgIpc) is 3.15. The molecule has 1 unspecified atom stereocenters. The summed E-state index contributed by atoms with van der Waals surface area (Å²) in [5.74, 6) is 0.402. The average molecular weight is 374 g/mol. The van der Waals surface area contributed by atoms with Crippen molar-refractivity contribution in [2.24, 2.45) is 0 Å². The van der Waals surface area contributed by atoms with E-state index in [2.05, 4.69) is 16.5 Å². The molecular weight excluding hydrogens is 352 g/mol. The van der Waals surface area contributed by atoms with Crippen LogP contribution in [-0.4, -0.2) is 22.8 Å². The molecule has 0 spiro atoms. The third kappa shape index (κ3) is 5.06. The standard InChI is InChI=1S/C22H22N4O2/c1-16(28-2)20-9-7-17(8-10-20)13-22(27)24-21-11-12-26(25-21)15-19-5-3-18(14-23)4-6-19/h3-12,16H,13,15H2,1-2H3,(H,24,25,27). The van der Waals surface area contributed by atoms with Crippen LogP contribution in [0.2, 0.25) is 0 Å². The number of ether oxygens (including phenoxy) is 1. The summed E-state index contributed by atoms with van der Waals surface area (Å²) < 4.78 is 7.04. The first-order chi connectivity index (χ1) is 13.6. The van der Waals surface area contributed by atoms with Crippen LogP contribution in [0.5, 0.6) is 0 Å². The van der Waals surface area contributed by atoms with Crippen molar-refractivity contribution in [3.63, 3.8) is 0 Å². The van der Waals surface area contributed by atoms with Gasteiger partial charge in [-0.1, -0.05) is 36.4 Å². The van der Waals surface area contributed by atoms with Crippen molar-refractivity contribution in [1.82, 2.24) is 9.78 Å². The number of anilines is 1. The van der Waals surface area contributed by atoms with Gasteiger partial charge in [-0.2, -0.15) is 10.4 Å². The number of aromatic nitrogens is 2. The summed E-state index contributed by atoms with van der Waals surface area (Å²) in [5, 5.41) is 16.1. The van der Waals surface area contributed by atoms with Gasteiger partial charge in [-0.3, -0.25) is 9.48 Å². The van der Waals surface area contributed by atoms with E-state index < -0.39 is 0 Å². The van der Waals surface area contributed by atoms with E-state index in [1.165, 1.54) is 0 Å². The molecule has 0 saturated heterocycles. The van der Waals surface area contributed by atoms with Gasteiger partial charge in [0.15, 0.2) is 5.82 Å². The van der Waals surface area contributed by atoms with Gasteiger partial charge in [0.1, 0.15) is 0 Å². The largest absolute Gasteiger partial charge is 0.377 e. The molecule has 1 heterocycles. The van der Waals surface area contributed by atoms with E-state index in [0.717, 1.165) is 16.7 Å². The quantitative estimate of drug-likeness (QED) is 0.684. The lowest BCUT2D eigenvalue weighted by Gasteiger charge is -2.10. The maximum atomic E-state index is 12.3. The van der Waals surface area contributed by atoms with Crippen LogP contribution in [0.3, 0.4) is 0 Å². The van der Waals surface area contributed by atoms with Crippen LogP contribution in [0.4, 0.5) is 5.82 Å². The molecule has 0 aliphatic rings. The minimum Gasteiger partial charge on any atom is -0.377 e. The molecule has 0 aliphatic carbocycles. The maximum Gasteiger partial charge on any atom is 0.229 e. The summed E-state index contributed by atoms with van der Waals surface area (Å²) >= 11 is 0. The van der Waals surface area contributed by atoms with Gasteiger partial charge in [0.2, 0.25) is 5.91 Å². The number of nitriles is 1. The van der Waals surface area contributed by atoms with Crippen molar-refractivity contribution in [3.05, 3.63) is 83.0 Å². The van der Waals surface area contributed by atoms with Crippen LogP contribution >= 0.6 is 0 Å². The highest BCUT2D eigenvalue weighted by atomic mass is 16.5. The molecule has 0 saturated carbocycles. The molecule has 142 valence electrons. The van der Waals surface area contributed by atoms with Crippen LogP contribution in [0, 0.1) is 11.3 Å². The molecule has 1 atom stereocenters. The molecule has 6 heteroatoms. The predicted molar refractivity (Wildman–Crippen MR) is 107 cm³/mol. The summed E-state index contributed by atoms with van der Waals surface area (Å²) in [7, 11) is 1.67. The van der Waals surface area contributed by atoms with Gasteiger partial charge in [0.25, 0.3) is 0 Å². The van der Waals surface area contributed by atoms with Crippen molar-refractivity contribution in [2.45, 2.75) is 26.0 Å². The molecule has 1 amide bonds. The Hall–Kier alpha value is -3.43. The zero-order chi connectivity index (χ0) is 19.9. The van der Waals surface area contributed by atoms with Gasteiger partial charge in [0.05, 0.1) is 30.7 Å². The molecule has 3 rings (SSSR count). The first kappa shape index (κ1) is 19.3. The third-order valence-electron chi connectivity index (χ3n) is 4.50. The zero-order valence-electron chi connectivity index (χ0n) is 15.9. The number of nitrogens with zero attached hydrogens (tertiary/aromatic N) is 3. The lowest BCUT2D eigenvalue weighted by molar-refractivity contribution is -0.115. The van der Waals surface area contributed by atoms with E-state index >= 15 is 0 Å². The van der Waals surface area contributed by atoms with Crippen molar-refractivity contribution < 1.29 is 9.53 Å². The van der Waals surface area contributed by atoms with Gasteiger partial charge >= 0.3 is 0 Å². The van der Waals surface area contributed by atoms with Crippen LogP contribution < -0.4 is 5.32 Å². The Kier molecular flexibility index (Phi) is 6.20. The van der Waals surface area contributed by atoms with Crippen molar-refractivity contribution in [3.8, 4) is 6.07 Å². The maximum absolute atomic E-state index is 12.3. The number of hydrogen-bond donors (Lipinski definition) is 1. The van der Waals surface area contributed by atoms with E-state index in [0.29, 0.717) is 17.9 Å². The van der Waals surface area contributed by atoms with E-state index in [4.69, 9.17) is 10.00 Å². The summed E-state index contributed by atoms with van der Waals surface area (Å²) in [4.78, 5) is 12.3. The van der Waals surface area contributed by atoms with Gasteiger partial charge < -0.3 is 10.1 Å². The van der Waals surface area contributed by atoms with Gasteiger partial charge in [-0.05, 0) is 35.7 Å². The second-order valence-corrected chi connectivity index (χ2v) is 6.55. The topological polar surface area (TPSA) is 79.9 Å². The Balaban J connectivity index is 1.55. The van der Waals surface area contributed by atoms with E-state index in [1.807, 2.05) is 49.5 Å². The fourth-order valence-electron chi connectivity index (χ4n) is 2.80. The Morgan fingerprint density at radius 3 is 2.46 bits per heavy atom. The summed E-state index contributed by atoms with van der Waals surface area (Å²) in [6.45, 7) is 2.55. The normalized spacial score (nSPS) is 11.6. The number of methoxy groups -OCH3 is 1. The van der Waals surface area contributed by atoms with Crippen LogP contribution in [0.15, 0.2) is 60.8 Å². The first-order valence-corrected chi connectivity index (χ1v) is 9.01. The fraction of sp³-hybridized carbons (Fsp3) is 0.227. The van der Waals surface area contributed by atoms with E-state index in [1.54, 1.807) is 30.0 Å². The Morgan fingerprint density at radius 1 is 1.14 bits per heavy atom. The lowest BCUT2D eigenvalue weighted by Crippen LogP contribution is -2.15. The van der Waals surface area contributed by atoms with Gasteiger partial charge in [0, 0.05) is 19.4 Å². The van der Waals surface area contributed by atoms with Crippen molar-refractivity contribution in [1.29, 1.82) is 5.26 Å². The number of carbonyl (C=O) groups excluding carboxylic acids is 1. The van der Waals surface area contributed by atoms with Gasteiger partial charge in [-0.15, -0.1) is 0 Å². The molecule has 28 heavy (non-hydrogen) atoms. The summed E-state index contributed by atoms with van der Waals surface area (Å²) in [6.07, 6.45) is 2.13. The molecule has 0 bridgehead atoms. The molecule has 0 aliphatic heterocycles. The second kappa shape index (κ2) is 8.98. The van der Waals surface area contributed by atoms with E-state index in [9.17, 15) is 4.79 Å². The smallest absolute Gasteiger partial charge is 0.229 e. The SMILES string of the molecule is COC(C)c1ccc(CC(=O)Nc2ccn(Cc3ccc(C#N)cc3)n2)cc1. The fourth-order valence-corrected chi connectivity index (χ4v) is 2.80. The van der Waals surface area contributed by atoms with Gasteiger partial charge in [-0.25, -0.2) is 0 Å². The highest BCUT2D eigenvalue weighted by molar-refractivity contribution is 5.91. The zero-order valence-corrected chi connectivity index (χ0v) is 15.9. The molecule has 6 nitrogen and oxygen atoms in total. The molecule has 1 N–H and O–H groups in total. The number of hydrogen-bond acceptors (Lipinski definition) is 4. The van der Waals surface area contributed by atoms with E-state index in [-0.39, 0.29) is 18.4 Å². The molecule has 3 aromatic rings. The van der Waals surface area contributed by atoms with Crippen LogP contribution in [-0.2, 0) is 22.5 Å². The summed E-state index contributed by atoms with van der Waals surface area (Å²) in [6, 6.07) is 19.0. The number of amides is 1. The number of nitrogens with one attached hydrogen (secondary N) is 1. The predicted octanol–water partition coefficient (Wildman–Crippen LogP) is 3.69. The first-order valence-electron chi connectivity index (χ1n) is 9.01. The molecule has 0 fully saturated rings. The molecular formula is C22H22N4O2. The number of carbonyl (C=O) groups is 1. The summed E-state index contributed by atoms with van der Waals surface area (Å²) in [5.41, 5.74) is 3.67. The second-order valence-electron chi connectivity index (χ2n) is 6.55. The van der Waals surface area contributed by atoms with Crippen molar-refractivity contribution >= 4 is 11.7 Å². The highest BCUT2D eigenvalue weighted by Gasteiger charge is 2.08. The van der Waals surface area contributed by atoms with Crippen LogP contribution in [0.25, 0.3) is 0 Å². The number of benzene rings is 2.